The molecule has 0 rings (SSSR count). The SMILES string of the molecule is CC(=O)SCCCF.CS(=O)(=O)OCCCF. The molecule has 0 amide bonds. The third-order valence-corrected chi connectivity index (χ3v) is 2.65. The van der Waals surface area contributed by atoms with Crippen molar-refractivity contribution in [1.29, 1.82) is 0 Å². The fourth-order valence-electron chi connectivity index (χ4n) is 0.535. The molecule has 0 radical (unpaired) electrons. The van der Waals surface area contributed by atoms with Gasteiger partial charge in [-0.1, -0.05) is 11.8 Å². The molecule has 0 saturated carbocycles. The lowest BCUT2D eigenvalue weighted by molar-refractivity contribution is -0.109. The normalized spacial score (nSPS) is 10.6. The second-order valence-electron chi connectivity index (χ2n) is 2.95. The fourth-order valence-corrected chi connectivity index (χ4v) is 1.50. The van der Waals surface area contributed by atoms with Crippen LogP contribution in [-0.2, 0) is 19.1 Å². The number of carbonyl (C=O) groups excluding carboxylic acids is 1. The Morgan fingerprint density at radius 3 is 2.12 bits per heavy atom. The van der Waals surface area contributed by atoms with E-state index in [1.54, 1.807) is 0 Å². The van der Waals surface area contributed by atoms with Gasteiger partial charge in [0.15, 0.2) is 5.12 Å². The number of hydrogen-bond acceptors (Lipinski definition) is 5. The molecular weight excluding hydrogens is 274 g/mol. The molecule has 104 valence electrons. The first kappa shape index (κ1) is 19.1. The molecule has 0 atom stereocenters. The van der Waals surface area contributed by atoms with Crippen LogP contribution in [0, 0.1) is 0 Å². The molecule has 8 heteroatoms. The van der Waals surface area contributed by atoms with Gasteiger partial charge in [0.25, 0.3) is 10.1 Å². The predicted octanol–water partition coefficient (Wildman–Crippen LogP) is 1.95. The van der Waals surface area contributed by atoms with Crippen LogP contribution in [-0.4, -0.2) is 45.5 Å². The quantitative estimate of drug-likeness (QED) is 0.530. The van der Waals surface area contributed by atoms with E-state index in [9.17, 15) is 22.0 Å². The van der Waals surface area contributed by atoms with Crippen molar-refractivity contribution in [2.45, 2.75) is 19.8 Å². The van der Waals surface area contributed by atoms with Crippen LogP contribution in [0.25, 0.3) is 0 Å². The Morgan fingerprint density at radius 2 is 1.76 bits per heavy atom. The lowest BCUT2D eigenvalue weighted by atomic mass is 10.5. The standard InChI is InChI=1S/C5H9FOS.C4H9FO3S/c1-5(7)8-4-2-3-6;1-9(6,7)8-4-2-3-5/h2-4H2,1H3;2-4H2,1H3. The van der Waals surface area contributed by atoms with Crippen LogP contribution < -0.4 is 0 Å². The van der Waals surface area contributed by atoms with E-state index in [0.717, 1.165) is 6.26 Å². The summed E-state index contributed by atoms with van der Waals surface area (Å²) >= 11 is 1.18. The number of alkyl halides is 2. The molecule has 17 heavy (non-hydrogen) atoms. The van der Waals surface area contributed by atoms with Crippen molar-refractivity contribution in [3.8, 4) is 0 Å². The lowest BCUT2D eigenvalue weighted by Crippen LogP contribution is -2.04. The van der Waals surface area contributed by atoms with Gasteiger partial charge in [0, 0.05) is 19.1 Å². The average molecular weight is 292 g/mol. The summed E-state index contributed by atoms with van der Waals surface area (Å²) in [5, 5.41) is 0.0680. The molecular formula is C9H18F2O4S2. The fraction of sp³-hybridized carbons (Fsp3) is 0.889. The van der Waals surface area contributed by atoms with E-state index >= 15 is 0 Å². The molecule has 0 aromatic rings. The Bertz CT molecular complexity index is 281. The van der Waals surface area contributed by atoms with E-state index < -0.39 is 16.8 Å². The van der Waals surface area contributed by atoms with Gasteiger partial charge < -0.3 is 0 Å². The first-order chi connectivity index (χ1) is 7.83. The van der Waals surface area contributed by atoms with Crippen molar-refractivity contribution in [2.75, 3.05) is 32.0 Å². The van der Waals surface area contributed by atoms with E-state index in [0.29, 0.717) is 12.2 Å². The van der Waals surface area contributed by atoms with Crippen molar-refractivity contribution >= 4 is 27.0 Å². The topological polar surface area (TPSA) is 60.4 Å². The van der Waals surface area contributed by atoms with Crippen molar-refractivity contribution in [3.63, 3.8) is 0 Å². The number of thioether (sulfide) groups is 1. The second-order valence-corrected chi connectivity index (χ2v) is 5.87. The molecule has 0 aliphatic rings. The summed E-state index contributed by atoms with van der Waals surface area (Å²) in [6.07, 6.45) is 1.56. The molecule has 0 unspecified atom stereocenters. The molecule has 0 fully saturated rings. The third kappa shape index (κ3) is 25.8. The number of rotatable bonds is 7. The maximum absolute atomic E-state index is 11.3. The summed E-state index contributed by atoms with van der Waals surface area (Å²) in [6.45, 7) is 0.564. The van der Waals surface area contributed by atoms with Crippen molar-refractivity contribution in [1.82, 2.24) is 0 Å². The highest BCUT2D eigenvalue weighted by atomic mass is 32.2. The Labute approximate surface area is 105 Å². The summed E-state index contributed by atoms with van der Waals surface area (Å²) in [7, 11) is -3.36. The minimum Gasteiger partial charge on any atom is -0.288 e. The predicted molar refractivity (Wildman–Crippen MR) is 65.1 cm³/mol. The van der Waals surface area contributed by atoms with Crippen LogP contribution in [0.1, 0.15) is 19.8 Å². The Kier molecular flexibility index (Phi) is 13.8. The molecule has 0 aromatic carbocycles. The Hall–Kier alpha value is -0.210. The van der Waals surface area contributed by atoms with Gasteiger partial charge in [-0.3, -0.25) is 17.8 Å². The molecule has 0 aliphatic carbocycles. The monoisotopic (exact) mass is 292 g/mol. The molecule has 0 aliphatic heterocycles. The van der Waals surface area contributed by atoms with Crippen LogP contribution >= 0.6 is 11.8 Å². The van der Waals surface area contributed by atoms with E-state index in [1.165, 1.54) is 18.7 Å². The third-order valence-electron chi connectivity index (χ3n) is 1.16. The zero-order chi connectivity index (χ0) is 13.7. The molecule has 0 N–H and O–H groups in total. The van der Waals surface area contributed by atoms with Gasteiger partial charge in [0.1, 0.15) is 0 Å². The molecule has 0 aromatic heterocycles. The molecule has 0 spiro atoms. The number of halogens is 2. The molecule has 0 saturated heterocycles. The van der Waals surface area contributed by atoms with E-state index in [-0.39, 0.29) is 24.8 Å². The lowest BCUT2D eigenvalue weighted by Gasteiger charge is -1.95. The second kappa shape index (κ2) is 12.3. The molecule has 0 bridgehead atoms. The molecule has 0 heterocycles. The summed E-state index contributed by atoms with van der Waals surface area (Å²) in [4.78, 5) is 10.2. The maximum atomic E-state index is 11.3. The van der Waals surface area contributed by atoms with E-state index in [4.69, 9.17) is 0 Å². The number of carbonyl (C=O) groups is 1. The van der Waals surface area contributed by atoms with Crippen LogP contribution in [0.4, 0.5) is 8.78 Å². The first-order valence-corrected chi connectivity index (χ1v) is 7.73. The highest BCUT2D eigenvalue weighted by Crippen LogP contribution is 2.02. The van der Waals surface area contributed by atoms with Gasteiger partial charge in [-0.2, -0.15) is 8.42 Å². The smallest absolute Gasteiger partial charge is 0.264 e. The van der Waals surface area contributed by atoms with Crippen LogP contribution in [0.15, 0.2) is 0 Å². The Morgan fingerprint density at radius 1 is 1.24 bits per heavy atom. The van der Waals surface area contributed by atoms with E-state index in [1.807, 2.05) is 0 Å². The Balaban J connectivity index is 0. The number of hydrogen-bond donors (Lipinski definition) is 0. The summed E-state index contributed by atoms with van der Waals surface area (Å²) in [5.41, 5.74) is 0. The minimum absolute atomic E-state index is 0.0602. The van der Waals surface area contributed by atoms with Gasteiger partial charge >= 0.3 is 0 Å². The van der Waals surface area contributed by atoms with Crippen molar-refractivity contribution in [2.24, 2.45) is 0 Å². The van der Waals surface area contributed by atoms with Crippen LogP contribution in [0.2, 0.25) is 0 Å². The van der Waals surface area contributed by atoms with Gasteiger partial charge in [0.2, 0.25) is 0 Å². The largest absolute Gasteiger partial charge is 0.288 e. The van der Waals surface area contributed by atoms with Gasteiger partial charge in [-0.05, 0) is 6.42 Å². The van der Waals surface area contributed by atoms with Crippen LogP contribution in [0.3, 0.4) is 0 Å². The van der Waals surface area contributed by atoms with Gasteiger partial charge in [-0.15, -0.1) is 0 Å². The first-order valence-electron chi connectivity index (χ1n) is 4.93. The van der Waals surface area contributed by atoms with E-state index in [2.05, 4.69) is 4.18 Å². The van der Waals surface area contributed by atoms with Crippen molar-refractivity contribution in [3.05, 3.63) is 0 Å². The highest BCUT2D eigenvalue weighted by Gasteiger charge is 1.98. The summed E-state index contributed by atoms with van der Waals surface area (Å²) in [5.74, 6) is 0.617. The van der Waals surface area contributed by atoms with Gasteiger partial charge in [0.05, 0.1) is 26.2 Å². The van der Waals surface area contributed by atoms with Gasteiger partial charge in [-0.25, -0.2) is 0 Å². The summed E-state index contributed by atoms with van der Waals surface area (Å²) < 4.78 is 47.1. The zero-order valence-electron chi connectivity index (χ0n) is 9.95. The van der Waals surface area contributed by atoms with Crippen molar-refractivity contribution < 1.29 is 26.2 Å². The minimum atomic E-state index is -3.36. The molecule has 4 nitrogen and oxygen atoms in total. The zero-order valence-corrected chi connectivity index (χ0v) is 11.6. The van der Waals surface area contributed by atoms with Crippen LogP contribution in [0.5, 0.6) is 0 Å². The maximum Gasteiger partial charge on any atom is 0.264 e. The highest BCUT2D eigenvalue weighted by molar-refractivity contribution is 8.13. The average Bonchev–Trinajstić information content (AvgIpc) is 2.17. The summed E-state index contributed by atoms with van der Waals surface area (Å²) in [6, 6.07) is 0.